The molecule has 9 rings (SSSR count). The van der Waals surface area contributed by atoms with Crippen LogP contribution in [-0.4, -0.2) is 9.97 Å². The van der Waals surface area contributed by atoms with Gasteiger partial charge in [0.25, 0.3) is 0 Å². The lowest BCUT2D eigenvalue weighted by atomic mass is 9.97. The van der Waals surface area contributed by atoms with Crippen molar-refractivity contribution in [3.63, 3.8) is 0 Å². The molecule has 0 unspecified atom stereocenters. The minimum Gasteiger partial charge on any atom is -0.248 e. The molecule has 0 bridgehead atoms. The first-order chi connectivity index (χ1) is 23.3. The van der Waals surface area contributed by atoms with E-state index in [-0.39, 0.29) is 0 Å². The van der Waals surface area contributed by atoms with Crippen molar-refractivity contribution in [2.45, 2.75) is 0 Å². The number of pyridine rings is 2. The molecule has 3 heteroatoms. The lowest BCUT2D eigenvalue weighted by Gasteiger charge is -2.14. The molecule has 3 aromatic heterocycles. The smallest absolute Gasteiger partial charge is 0.0888 e. The van der Waals surface area contributed by atoms with Crippen molar-refractivity contribution in [3.8, 4) is 55.3 Å². The molecule has 3 heterocycles. The van der Waals surface area contributed by atoms with Crippen LogP contribution in [0.25, 0.3) is 87.1 Å². The highest BCUT2D eigenvalue weighted by Crippen LogP contribution is 2.44. The Balaban J connectivity index is 1.32. The molecule has 0 atom stereocenters. The third-order valence-electron chi connectivity index (χ3n) is 8.86. The van der Waals surface area contributed by atoms with Gasteiger partial charge in [0.15, 0.2) is 0 Å². The normalized spacial score (nSPS) is 11.4. The van der Waals surface area contributed by atoms with Crippen molar-refractivity contribution in [3.05, 3.63) is 170 Å². The van der Waals surface area contributed by atoms with E-state index in [2.05, 4.69) is 170 Å². The number of thiophene rings is 1. The Labute approximate surface area is 277 Å². The van der Waals surface area contributed by atoms with Crippen LogP contribution in [0.15, 0.2) is 170 Å². The highest BCUT2D eigenvalue weighted by molar-refractivity contribution is 7.23. The van der Waals surface area contributed by atoms with E-state index in [1.807, 2.05) is 11.3 Å². The fraction of sp³-hybridized carbons (Fsp3) is 0. The molecule has 0 saturated carbocycles. The third-order valence-corrected chi connectivity index (χ3v) is 10.0. The lowest BCUT2D eigenvalue weighted by Crippen LogP contribution is -1.94. The van der Waals surface area contributed by atoms with Gasteiger partial charge < -0.3 is 0 Å². The summed E-state index contributed by atoms with van der Waals surface area (Å²) in [5, 5.41) is 4.77. The van der Waals surface area contributed by atoms with Crippen molar-refractivity contribution >= 4 is 43.1 Å². The molecule has 0 fully saturated rings. The zero-order valence-electron chi connectivity index (χ0n) is 25.5. The molecule has 47 heavy (non-hydrogen) atoms. The predicted octanol–water partition coefficient (Wildman–Crippen LogP) is 12.3. The number of rotatable bonds is 5. The van der Waals surface area contributed by atoms with Gasteiger partial charge in [0, 0.05) is 32.3 Å². The summed E-state index contributed by atoms with van der Waals surface area (Å²) in [7, 11) is 0. The van der Waals surface area contributed by atoms with E-state index < -0.39 is 0 Å². The Bertz CT molecular complexity index is 2550. The minimum atomic E-state index is 0.907. The molecule has 6 aromatic carbocycles. The van der Waals surface area contributed by atoms with Crippen LogP contribution in [0.5, 0.6) is 0 Å². The van der Waals surface area contributed by atoms with Crippen LogP contribution in [0.2, 0.25) is 0 Å². The van der Waals surface area contributed by atoms with Gasteiger partial charge in [-0.1, -0.05) is 146 Å². The van der Waals surface area contributed by atoms with Gasteiger partial charge in [0.05, 0.1) is 27.3 Å². The number of para-hydroxylation sites is 1. The molecule has 9 aromatic rings. The molecule has 0 aliphatic rings. The Kier molecular flexibility index (Phi) is 6.69. The van der Waals surface area contributed by atoms with Gasteiger partial charge in [-0.05, 0) is 51.7 Å². The second kappa shape index (κ2) is 11.5. The van der Waals surface area contributed by atoms with Crippen molar-refractivity contribution in [1.82, 2.24) is 9.97 Å². The van der Waals surface area contributed by atoms with Crippen LogP contribution in [-0.2, 0) is 0 Å². The summed E-state index contributed by atoms with van der Waals surface area (Å²) in [6.45, 7) is 0. The van der Waals surface area contributed by atoms with Gasteiger partial charge in [0.2, 0.25) is 0 Å². The van der Waals surface area contributed by atoms with Gasteiger partial charge in [-0.3, -0.25) is 0 Å². The summed E-state index contributed by atoms with van der Waals surface area (Å²) in [6.07, 6.45) is 0. The SMILES string of the molecule is c1ccc(-c2cc(-c3ccc4ccccc4c3)nc(-c3cccc4c3nc(-c3ccccc3)c3sc(-c5ccccc5)cc34)c2)cc1. The van der Waals surface area contributed by atoms with Crippen LogP contribution in [0.1, 0.15) is 0 Å². The molecule has 0 spiro atoms. The van der Waals surface area contributed by atoms with E-state index in [0.29, 0.717) is 0 Å². The van der Waals surface area contributed by atoms with E-state index in [9.17, 15) is 0 Å². The Hall–Kier alpha value is -5.90. The van der Waals surface area contributed by atoms with E-state index in [0.717, 1.165) is 55.8 Å². The number of hydrogen-bond acceptors (Lipinski definition) is 3. The lowest BCUT2D eigenvalue weighted by molar-refractivity contribution is 1.32. The van der Waals surface area contributed by atoms with Gasteiger partial charge in [-0.15, -0.1) is 11.3 Å². The number of fused-ring (bicyclic) bond motifs is 4. The van der Waals surface area contributed by atoms with Gasteiger partial charge in [-0.2, -0.15) is 0 Å². The summed E-state index contributed by atoms with van der Waals surface area (Å²) < 4.78 is 1.20. The van der Waals surface area contributed by atoms with E-state index in [1.54, 1.807) is 0 Å². The van der Waals surface area contributed by atoms with Crippen LogP contribution in [0, 0.1) is 0 Å². The predicted molar refractivity (Wildman–Crippen MR) is 200 cm³/mol. The Morgan fingerprint density at radius 2 is 1.04 bits per heavy atom. The van der Waals surface area contributed by atoms with Crippen molar-refractivity contribution in [2.24, 2.45) is 0 Å². The van der Waals surface area contributed by atoms with Gasteiger partial charge in [-0.25, -0.2) is 9.97 Å². The quantitative estimate of drug-likeness (QED) is 0.192. The molecule has 0 aliphatic carbocycles. The molecule has 0 radical (unpaired) electrons. The first-order valence-corrected chi connectivity index (χ1v) is 16.6. The molecule has 0 saturated heterocycles. The van der Waals surface area contributed by atoms with Gasteiger partial charge in [0.1, 0.15) is 0 Å². The standard InChI is InChI=1S/C44H28N2S/c1-4-13-29(14-5-1)35-26-39(34-24-23-30-15-10-11-20-33(30)25-34)45-40(27-35)37-22-12-21-36-38-28-41(31-16-6-2-7-17-31)47-44(38)42(46-43(36)37)32-18-8-3-9-19-32/h1-28H. The first-order valence-electron chi connectivity index (χ1n) is 15.8. The van der Waals surface area contributed by atoms with Crippen molar-refractivity contribution < 1.29 is 0 Å². The Morgan fingerprint density at radius 1 is 0.383 bits per heavy atom. The van der Waals surface area contributed by atoms with Crippen molar-refractivity contribution in [1.29, 1.82) is 0 Å². The summed E-state index contributed by atoms with van der Waals surface area (Å²) >= 11 is 1.81. The third kappa shape index (κ3) is 4.98. The van der Waals surface area contributed by atoms with E-state index >= 15 is 0 Å². The maximum atomic E-state index is 5.47. The maximum absolute atomic E-state index is 5.47. The molecular weight excluding hydrogens is 589 g/mol. The van der Waals surface area contributed by atoms with Crippen LogP contribution < -0.4 is 0 Å². The first kappa shape index (κ1) is 27.4. The van der Waals surface area contributed by atoms with Gasteiger partial charge >= 0.3 is 0 Å². The molecule has 2 nitrogen and oxygen atoms in total. The topological polar surface area (TPSA) is 25.8 Å². The van der Waals surface area contributed by atoms with Crippen LogP contribution in [0.3, 0.4) is 0 Å². The van der Waals surface area contributed by atoms with Crippen LogP contribution in [0.4, 0.5) is 0 Å². The molecule has 0 amide bonds. The largest absolute Gasteiger partial charge is 0.248 e. The second-order valence-electron chi connectivity index (χ2n) is 11.8. The highest BCUT2D eigenvalue weighted by atomic mass is 32.1. The van der Waals surface area contributed by atoms with Crippen LogP contribution >= 0.6 is 11.3 Å². The summed E-state index contributed by atoms with van der Waals surface area (Å²) in [5.41, 5.74) is 10.5. The second-order valence-corrected chi connectivity index (χ2v) is 12.9. The number of nitrogens with zero attached hydrogens (tertiary/aromatic N) is 2. The molecule has 0 N–H and O–H groups in total. The number of aromatic nitrogens is 2. The zero-order valence-corrected chi connectivity index (χ0v) is 26.3. The summed E-state index contributed by atoms with van der Waals surface area (Å²) in [5.74, 6) is 0. The average molecular weight is 617 g/mol. The molecule has 220 valence electrons. The summed E-state index contributed by atoms with van der Waals surface area (Å²) in [6, 6.07) is 60.1. The monoisotopic (exact) mass is 616 g/mol. The molecular formula is C44H28N2S. The maximum Gasteiger partial charge on any atom is 0.0888 e. The fourth-order valence-electron chi connectivity index (χ4n) is 6.52. The van der Waals surface area contributed by atoms with E-state index in [1.165, 1.54) is 31.3 Å². The fourth-order valence-corrected chi connectivity index (χ4v) is 7.71. The average Bonchev–Trinajstić information content (AvgIpc) is 3.61. The molecule has 0 aliphatic heterocycles. The highest BCUT2D eigenvalue weighted by Gasteiger charge is 2.19. The summed E-state index contributed by atoms with van der Waals surface area (Å²) in [4.78, 5) is 12.1. The minimum absolute atomic E-state index is 0.907. The number of hydrogen-bond donors (Lipinski definition) is 0. The number of benzene rings is 6. The Morgan fingerprint density at radius 3 is 1.81 bits per heavy atom. The zero-order chi connectivity index (χ0) is 31.2. The van der Waals surface area contributed by atoms with E-state index in [4.69, 9.17) is 9.97 Å². The van der Waals surface area contributed by atoms with Crippen molar-refractivity contribution in [2.75, 3.05) is 0 Å².